The van der Waals surface area contributed by atoms with E-state index in [9.17, 15) is 9.18 Å². The minimum atomic E-state index is -0.624. The molecule has 0 spiro atoms. The zero-order chi connectivity index (χ0) is 19.4. The van der Waals surface area contributed by atoms with Gasteiger partial charge in [-0.05, 0) is 43.7 Å². The van der Waals surface area contributed by atoms with E-state index >= 15 is 0 Å². The van der Waals surface area contributed by atoms with E-state index in [1.165, 1.54) is 31.4 Å². The lowest BCUT2D eigenvalue weighted by molar-refractivity contribution is -0.139. The number of furan rings is 1. The second-order valence-corrected chi connectivity index (χ2v) is 5.66. The van der Waals surface area contributed by atoms with Crippen LogP contribution >= 0.6 is 0 Å². The number of nitrogens with zero attached hydrogens (tertiary/aromatic N) is 2. The minimum Gasteiger partial charge on any atom is -0.494 e. The first-order valence-electron chi connectivity index (χ1n) is 8.04. The van der Waals surface area contributed by atoms with Crippen molar-refractivity contribution >= 4 is 12.0 Å². The van der Waals surface area contributed by atoms with Gasteiger partial charge in [0, 0.05) is 6.08 Å². The third-order valence-corrected chi connectivity index (χ3v) is 3.66. The van der Waals surface area contributed by atoms with E-state index in [2.05, 4.69) is 10.2 Å². The number of ether oxygens (including phenoxy) is 2. The number of carbonyl (C=O) groups excluding carboxylic acids is 1. The molecule has 3 aromatic rings. The van der Waals surface area contributed by atoms with Gasteiger partial charge >= 0.3 is 5.97 Å². The normalized spacial score (nSPS) is 11.1. The zero-order valence-corrected chi connectivity index (χ0v) is 15.0. The molecule has 7 nitrogen and oxygen atoms in total. The quantitative estimate of drug-likeness (QED) is 0.480. The third-order valence-electron chi connectivity index (χ3n) is 3.66. The molecule has 0 aliphatic rings. The van der Waals surface area contributed by atoms with Gasteiger partial charge in [-0.15, -0.1) is 10.2 Å². The van der Waals surface area contributed by atoms with E-state index in [4.69, 9.17) is 18.3 Å². The van der Waals surface area contributed by atoms with Gasteiger partial charge in [0.15, 0.2) is 18.2 Å². The Bertz CT molecular complexity index is 990. The molecular formula is C19H17FN2O5. The number of carbonyl (C=O) groups is 1. The van der Waals surface area contributed by atoms with Crippen LogP contribution < -0.4 is 4.74 Å². The number of methoxy groups -OCH3 is 1. The summed E-state index contributed by atoms with van der Waals surface area (Å²) in [6, 6.07) is 6.13. The first-order chi connectivity index (χ1) is 13.0. The molecule has 2 heterocycles. The molecule has 0 fully saturated rings. The van der Waals surface area contributed by atoms with Crippen molar-refractivity contribution in [2.45, 2.75) is 20.5 Å². The molecule has 0 saturated heterocycles. The molecule has 2 aromatic heterocycles. The predicted octanol–water partition coefficient (Wildman–Crippen LogP) is 3.85. The molecular weight excluding hydrogens is 355 g/mol. The van der Waals surface area contributed by atoms with Crippen molar-refractivity contribution in [2.24, 2.45) is 0 Å². The van der Waals surface area contributed by atoms with Crippen molar-refractivity contribution in [2.75, 3.05) is 7.11 Å². The van der Waals surface area contributed by atoms with Crippen molar-refractivity contribution < 1.29 is 27.5 Å². The summed E-state index contributed by atoms with van der Waals surface area (Å²) in [5, 5.41) is 7.76. The maximum absolute atomic E-state index is 13.6. The Kier molecular flexibility index (Phi) is 5.35. The SMILES string of the molecule is COc1ccc(/C=C/C(=O)OCc2nnc(-c3cc(C)oc3C)o2)cc1F. The topological polar surface area (TPSA) is 87.6 Å². The Morgan fingerprint density at radius 2 is 2.04 bits per heavy atom. The Hall–Kier alpha value is -3.42. The van der Waals surface area contributed by atoms with Gasteiger partial charge in [-0.3, -0.25) is 0 Å². The second-order valence-electron chi connectivity index (χ2n) is 5.66. The van der Waals surface area contributed by atoms with Gasteiger partial charge in [-0.1, -0.05) is 6.07 Å². The standard InChI is InChI=1S/C19H17FN2O5/c1-11-8-14(12(2)26-11)19-22-21-17(27-19)10-25-18(23)7-5-13-4-6-16(24-3)15(20)9-13/h4-9H,10H2,1-3H3/b7-5+. The predicted molar refractivity (Wildman–Crippen MR) is 93.3 cm³/mol. The maximum Gasteiger partial charge on any atom is 0.331 e. The highest BCUT2D eigenvalue weighted by Gasteiger charge is 2.15. The number of benzene rings is 1. The van der Waals surface area contributed by atoms with Gasteiger partial charge in [0.25, 0.3) is 11.8 Å². The fraction of sp³-hybridized carbons (Fsp3) is 0.211. The lowest BCUT2D eigenvalue weighted by Crippen LogP contribution is -2.01. The summed E-state index contributed by atoms with van der Waals surface area (Å²) in [4.78, 5) is 11.8. The molecule has 27 heavy (non-hydrogen) atoms. The number of esters is 1. The largest absolute Gasteiger partial charge is 0.494 e. The van der Waals surface area contributed by atoms with Crippen LogP contribution in [0.5, 0.6) is 5.75 Å². The average Bonchev–Trinajstić information content (AvgIpc) is 3.24. The van der Waals surface area contributed by atoms with Crippen LogP contribution in [0.2, 0.25) is 0 Å². The lowest BCUT2D eigenvalue weighted by Gasteiger charge is -2.02. The van der Waals surface area contributed by atoms with E-state index in [0.29, 0.717) is 22.8 Å². The Labute approximate surface area is 154 Å². The zero-order valence-electron chi connectivity index (χ0n) is 15.0. The Morgan fingerprint density at radius 1 is 1.22 bits per heavy atom. The van der Waals surface area contributed by atoms with Crippen molar-refractivity contribution in [3.8, 4) is 17.2 Å². The maximum atomic E-state index is 13.6. The molecule has 1 aromatic carbocycles. The van der Waals surface area contributed by atoms with Crippen LogP contribution in [0.3, 0.4) is 0 Å². The summed E-state index contributed by atoms with van der Waals surface area (Å²) in [6.45, 7) is 3.43. The van der Waals surface area contributed by atoms with E-state index in [1.807, 2.05) is 6.92 Å². The molecule has 0 N–H and O–H groups in total. The van der Waals surface area contributed by atoms with Gasteiger partial charge in [-0.2, -0.15) is 0 Å². The van der Waals surface area contributed by atoms with E-state index < -0.39 is 11.8 Å². The summed E-state index contributed by atoms with van der Waals surface area (Å²) in [5.74, 6) is 0.825. The summed E-state index contributed by atoms with van der Waals surface area (Å²) >= 11 is 0. The van der Waals surface area contributed by atoms with E-state index in [-0.39, 0.29) is 18.2 Å². The molecule has 0 unspecified atom stereocenters. The number of halogens is 1. The second kappa shape index (κ2) is 7.86. The van der Waals surface area contributed by atoms with Gasteiger partial charge in [0.1, 0.15) is 11.5 Å². The summed E-state index contributed by atoms with van der Waals surface area (Å²) in [5.41, 5.74) is 1.19. The Morgan fingerprint density at radius 3 is 2.70 bits per heavy atom. The highest BCUT2D eigenvalue weighted by molar-refractivity contribution is 5.87. The van der Waals surface area contributed by atoms with Gasteiger partial charge < -0.3 is 18.3 Å². The van der Waals surface area contributed by atoms with Crippen LogP contribution in [-0.2, 0) is 16.1 Å². The van der Waals surface area contributed by atoms with Crippen molar-refractivity contribution in [3.63, 3.8) is 0 Å². The molecule has 0 bridgehead atoms. The van der Waals surface area contributed by atoms with E-state index in [1.54, 1.807) is 19.1 Å². The number of rotatable bonds is 6. The lowest BCUT2D eigenvalue weighted by atomic mass is 10.2. The number of hydrogen-bond acceptors (Lipinski definition) is 7. The minimum absolute atomic E-state index is 0.130. The van der Waals surface area contributed by atoms with Crippen molar-refractivity contribution in [3.05, 3.63) is 59.1 Å². The van der Waals surface area contributed by atoms with Crippen LogP contribution in [0, 0.1) is 19.7 Å². The summed E-state index contributed by atoms with van der Waals surface area (Å²) in [7, 11) is 1.38. The third kappa shape index (κ3) is 4.41. The van der Waals surface area contributed by atoms with Crippen LogP contribution in [0.15, 0.2) is 39.2 Å². The summed E-state index contributed by atoms with van der Waals surface area (Å²) < 4.78 is 34.4. The van der Waals surface area contributed by atoms with E-state index in [0.717, 1.165) is 5.76 Å². The fourth-order valence-electron chi connectivity index (χ4n) is 2.40. The van der Waals surface area contributed by atoms with Gasteiger partial charge in [0.2, 0.25) is 0 Å². The fourth-order valence-corrected chi connectivity index (χ4v) is 2.40. The molecule has 0 radical (unpaired) electrons. The van der Waals surface area contributed by atoms with Crippen LogP contribution in [0.1, 0.15) is 23.0 Å². The van der Waals surface area contributed by atoms with Crippen molar-refractivity contribution in [1.29, 1.82) is 0 Å². The van der Waals surface area contributed by atoms with Crippen LogP contribution in [0.4, 0.5) is 4.39 Å². The van der Waals surface area contributed by atoms with Gasteiger partial charge in [0.05, 0.1) is 12.7 Å². The monoisotopic (exact) mass is 372 g/mol. The summed E-state index contributed by atoms with van der Waals surface area (Å²) in [6.07, 6.45) is 2.61. The molecule has 0 saturated carbocycles. The Balaban J connectivity index is 1.58. The highest BCUT2D eigenvalue weighted by Crippen LogP contribution is 2.25. The molecule has 0 amide bonds. The first-order valence-corrected chi connectivity index (χ1v) is 8.04. The number of aryl methyl sites for hydroxylation is 2. The molecule has 8 heteroatoms. The average molecular weight is 372 g/mol. The molecule has 3 rings (SSSR count). The molecule has 0 aliphatic carbocycles. The first kappa shape index (κ1) is 18.4. The van der Waals surface area contributed by atoms with Crippen LogP contribution in [-0.4, -0.2) is 23.3 Å². The molecule has 140 valence electrons. The van der Waals surface area contributed by atoms with Gasteiger partial charge in [-0.25, -0.2) is 9.18 Å². The van der Waals surface area contributed by atoms with Crippen LogP contribution in [0.25, 0.3) is 17.5 Å². The highest BCUT2D eigenvalue weighted by atomic mass is 19.1. The number of hydrogen-bond donors (Lipinski definition) is 0. The molecule has 0 aliphatic heterocycles. The number of aromatic nitrogens is 2. The smallest absolute Gasteiger partial charge is 0.331 e. The molecule has 0 atom stereocenters. The van der Waals surface area contributed by atoms with Crippen molar-refractivity contribution in [1.82, 2.24) is 10.2 Å².